The zero-order valence-electron chi connectivity index (χ0n) is 38.5. The predicted octanol–water partition coefficient (Wildman–Crippen LogP) is 7.39. The monoisotopic (exact) mass is 941 g/mol. The summed E-state index contributed by atoms with van der Waals surface area (Å²) in [6.07, 6.45) is 6.47. The molecule has 3 N–H and O–H groups in total. The van der Waals surface area contributed by atoms with Gasteiger partial charge in [-0.2, -0.15) is 4.39 Å². The molecule has 21 heteroatoms. The number of nitrogens with one attached hydrogen (secondary N) is 2. The molecule has 2 aliphatic carbocycles. The molecule has 2 spiro atoms. The smallest absolute Gasteiger partial charge is 0.487 e. The maximum Gasteiger partial charge on any atom is 0.798 e. The van der Waals surface area contributed by atoms with Gasteiger partial charge in [-0.3, -0.25) is 9.59 Å². The topological polar surface area (TPSA) is 180 Å². The van der Waals surface area contributed by atoms with Crippen molar-refractivity contribution >= 4 is 53.0 Å². The van der Waals surface area contributed by atoms with Crippen LogP contribution in [0.25, 0.3) is 21.8 Å². The van der Waals surface area contributed by atoms with Crippen LogP contribution in [0.2, 0.25) is 0 Å². The Bertz CT molecular complexity index is 2850. The zero-order chi connectivity index (χ0) is 48.9. The Balaban J connectivity index is 0.000000161. The van der Waals surface area contributed by atoms with Gasteiger partial charge in [0.2, 0.25) is 16.7 Å². The molecule has 4 aromatic rings. The minimum absolute atomic E-state index is 0.0253. The van der Waals surface area contributed by atoms with E-state index < -0.39 is 87.9 Å². The van der Waals surface area contributed by atoms with E-state index in [9.17, 15) is 46.5 Å². The number of amides is 1. The second kappa shape index (κ2) is 16.4. The largest absolute Gasteiger partial charge is 0.798 e. The van der Waals surface area contributed by atoms with E-state index in [1.807, 2.05) is 18.7 Å². The van der Waals surface area contributed by atoms with Crippen molar-refractivity contribution in [3.63, 3.8) is 0 Å². The van der Waals surface area contributed by atoms with Gasteiger partial charge in [0.25, 0.3) is 0 Å². The molecule has 2 aromatic heterocycles. The molecule has 0 radical (unpaired) electrons. The Morgan fingerprint density at radius 3 is 1.87 bits per heavy atom. The van der Waals surface area contributed by atoms with Gasteiger partial charge in [0.15, 0.2) is 23.1 Å². The molecule has 6 heterocycles. The summed E-state index contributed by atoms with van der Waals surface area (Å²) in [5.41, 5.74) is -2.53. The highest BCUT2D eigenvalue weighted by Crippen LogP contribution is 2.61. The minimum atomic E-state index is -3.40. The molecule has 0 bridgehead atoms. The number of aromatic nitrogens is 2. The molecule has 2 saturated heterocycles. The summed E-state index contributed by atoms with van der Waals surface area (Å²) < 4.78 is 90.8. The number of alkyl carbamates (subject to hydrolysis) is 1. The molecule has 10 rings (SSSR count). The number of hydrogen-bond donors (Lipinski definition) is 3. The number of carboxylic acid groups (broad SMARTS) is 1. The number of carbonyl (C=O) groups is 3. The summed E-state index contributed by atoms with van der Waals surface area (Å²) in [4.78, 5) is 62.9. The van der Waals surface area contributed by atoms with Gasteiger partial charge >= 0.3 is 25.5 Å². The van der Waals surface area contributed by atoms with Crippen molar-refractivity contribution < 1.29 is 60.2 Å². The summed E-state index contributed by atoms with van der Waals surface area (Å²) in [5, 5.41) is 15.6. The number of nitrogens with zero attached hydrogens (tertiary/aromatic N) is 3. The van der Waals surface area contributed by atoms with Gasteiger partial charge in [-0.1, -0.05) is 13.8 Å². The molecular weight excluding hydrogens is 888 g/mol. The summed E-state index contributed by atoms with van der Waals surface area (Å²) in [7, 11) is -3.40. The first-order valence-electron chi connectivity index (χ1n) is 22.2. The lowest BCUT2D eigenvalue weighted by Gasteiger charge is -2.33. The molecule has 15 nitrogen and oxygen atoms in total. The van der Waals surface area contributed by atoms with Gasteiger partial charge < -0.3 is 48.6 Å². The standard InChI is InChI=1S/C25H30FN3O6.C13H8BF4NO4.C8H15N/c1-13-10-34-20-17-14(19(30)15(21(31)32)9-29(13)17)8-16(26)18(20)28-11-24(5,25(12-28)6-7-25)27-22(33)35-23(2,3)4;1-5-4-22-12-9(16)8(15)2-6-10(12)19(5)3-7(11(6)20)13(21)23-14(17)18;1-7(2)5-9-6-8(7)3-4-8/h8-9,13H,6-7,10-12H2,1-5H3,(H,27,33)(H,31,32);2-3,5H,4H2,1H3;9H,3-6H2,1-2H3/t13-,24?;5-;/m00./s1. The number of carboxylic acids is 1. The average molecular weight is 942 g/mol. The van der Waals surface area contributed by atoms with E-state index in [4.69, 9.17) is 14.2 Å². The number of halogens is 5. The lowest BCUT2D eigenvalue weighted by atomic mass is 9.79. The van der Waals surface area contributed by atoms with Gasteiger partial charge in [0.1, 0.15) is 35.6 Å². The number of ether oxygens (including phenoxy) is 3. The number of pyridine rings is 2. The SMILES string of the molecule is CC1(C)CNCC12CC2.C[C@H]1COc2c(F)c(F)cc3c(=O)c(C(=O)OB(F)F)cn1c23.C[C@H]1COc2c(N3CC4(CC4)C(C)(NC(=O)OC(C)(C)C)C3)c(F)cc3c(=O)c(C(=O)O)cn1c23. The minimum Gasteiger partial charge on any atom is -0.487 e. The number of aromatic carboxylic acids is 1. The van der Waals surface area contributed by atoms with E-state index >= 15 is 4.39 Å². The predicted molar refractivity (Wildman–Crippen MR) is 237 cm³/mol. The first-order chi connectivity index (χ1) is 31.2. The van der Waals surface area contributed by atoms with Gasteiger partial charge in [0, 0.05) is 44.0 Å². The van der Waals surface area contributed by atoms with Crippen LogP contribution in [0.5, 0.6) is 11.5 Å². The van der Waals surface area contributed by atoms with Crippen LogP contribution in [-0.2, 0) is 9.39 Å². The lowest BCUT2D eigenvalue weighted by Crippen LogP contribution is -2.54. The third-order valence-corrected chi connectivity index (χ3v) is 14.3. The highest BCUT2D eigenvalue weighted by atomic mass is 19.2. The van der Waals surface area contributed by atoms with Crippen LogP contribution in [0.4, 0.5) is 32.3 Å². The fourth-order valence-electron chi connectivity index (χ4n) is 10.1. The Hall–Kier alpha value is -5.86. The highest BCUT2D eigenvalue weighted by molar-refractivity contribution is 6.38. The zero-order valence-corrected chi connectivity index (χ0v) is 38.5. The number of hydrogen-bond acceptors (Lipinski definition) is 11. The van der Waals surface area contributed by atoms with Crippen molar-refractivity contribution in [1.29, 1.82) is 0 Å². The van der Waals surface area contributed by atoms with Crippen LogP contribution < -0.4 is 35.9 Å². The van der Waals surface area contributed by atoms with E-state index in [1.165, 1.54) is 36.7 Å². The van der Waals surface area contributed by atoms with Crippen LogP contribution in [0.1, 0.15) is 114 Å². The Labute approximate surface area is 382 Å². The quantitative estimate of drug-likeness (QED) is 0.134. The molecule has 360 valence electrons. The van der Waals surface area contributed by atoms with E-state index in [0.717, 1.165) is 30.5 Å². The molecule has 1 unspecified atom stereocenters. The normalized spacial score (nSPS) is 23.0. The lowest BCUT2D eigenvalue weighted by molar-refractivity contribution is 0.0439. The number of benzene rings is 2. The second-order valence-corrected chi connectivity index (χ2v) is 20.5. The van der Waals surface area contributed by atoms with Gasteiger partial charge in [-0.25, -0.2) is 31.8 Å². The van der Waals surface area contributed by atoms with E-state index in [1.54, 1.807) is 32.3 Å². The summed E-state index contributed by atoms with van der Waals surface area (Å²) >= 11 is 0. The van der Waals surface area contributed by atoms with Crippen molar-refractivity contribution in [3.05, 3.63) is 73.6 Å². The third-order valence-electron chi connectivity index (χ3n) is 14.3. The van der Waals surface area contributed by atoms with Crippen LogP contribution in [0.15, 0.2) is 34.1 Å². The van der Waals surface area contributed by atoms with Crippen LogP contribution in [0, 0.1) is 33.7 Å². The Morgan fingerprint density at radius 2 is 1.36 bits per heavy atom. The first-order valence-corrected chi connectivity index (χ1v) is 22.2. The van der Waals surface area contributed by atoms with Gasteiger partial charge in [0.05, 0.1) is 39.4 Å². The van der Waals surface area contributed by atoms with Crippen molar-refractivity contribution in [2.24, 2.45) is 16.2 Å². The van der Waals surface area contributed by atoms with Crippen molar-refractivity contribution in [2.45, 2.75) is 104 Å². The fourth-order valence-corrected chi connectivity index (χ4v) is 10.1. The summed E-state index contributed by atoms with van der Waals surface area (Å²) in [6, 6.07) is 1.04. The second-order valence-electron chi connectivity index (χ2n) is 20.5. The van der Waals surface area contributed by atoms with Crippen LogP contribution in [-0.4, -0.2) is 90.3 Å². The van der Waals surface area contributed by atoms with Crippen molar-refractivity contribution in [2.75, 3.05) is 44.3 Å². The number of rotatable bonds is 5. The number of carbonyl (C=O) groups excluding carboxylic acids is 2. The third kappa shape index (κ3) is 8.34. The molecule has 2 saturated carbocycles. The molecule has 4 aliphatic heterocycles. The first kappa shape index (κ1) is 47.6. The van der Waals surface area contributed by atoms with Crippen molar-refractivity contribution in [3.8, 4) is 11.5 Å². The Kier molecular flexibility index (Phi) is 11.7. The fraction of sp³-hybridized carbons (Fsp3) is 0.543. The molecule has 4 fully saturated rings. The maximum atomic E-state index is 15.7. The summed E-state index contributed by atoms with van der Waals surface area (Å²) in [5.74, 6) is -6.39. The molecular formula is C46H53BF5N5O10. The van der Waals surface area contributed by atoms with Crippen LogP contribution in [0.3, 0.4) is 0 Å². The molecule has 2 aromatic carbocycles. The highest BCUT2D eigenvalue weighted by Gasteiger charge is 2.64. The number of anilines is 1. The molecule has 6 aliphatic rings. The van der Waals surface area contributed by atoms with Gasteiger partial charge in [-0.15, -0.1) is 0 Å². The van der Waals surface area contributed by atoms with Crippen molar-refractivity contribution in [1.82, 2.24) is 19.8 Å². The summed E-state index contributed by atoms with van der Waals surface area (Å²) in [6.45, 7) is 19.1. The average Bonchev–Trinajstić information content (AvgIpc) is 4.14. The van der Waals surface area contributed by atoms with E-state index in [0.29, 0.717) is 30.1 Å². The van der Waals surface area contributed by atoms with Crippen LogP contribution >= 0.6 is 0 Å². The van der Waals surface area contributed by atoms with E-state index in [2.05, 4.69) is 29.1 Å². The Morgan fingerprint density at radius 1 is 0.821 bits per heavy atom. The van der Waals surface area contributed by atoms with E-state index in [-0.39, 0.29) is 52.4 Å². The van der Waals surface area contributed by atoms with Gasteiger partial charge in [-0.05, 0) is 90.2 Å². The molecule has 67 heavy (non-hydrogen) atoms. The maximum absolute atomic E-state index is 15.7. The molecule has 3 atom stereocenters. The molecule has 1 amide bonds.